The van der Waals surface area contributed by atoms with Crippen molar-refractivity contribution in [1.29, 1.82) is 0 Å². The quantitative estimate of drug-likeness (QED) is 0.904. The Hall–Kier alpha value is -0.600. The molecule has 0 aromatic carbocycles. The Morgan fingerprint density at radius 1 is 1.53 bits per heavy atom. The molecule has 0 saturated carbocycles. The van der Waals surface area contributed by atoms with Crippen LogP contribution in [0.5, 0.6) is 0 Å². The van der Waals surface area contributed by atoms with Gasteiger partial charge < -0.3 is 0 Å². The monoisotopic (exact) mass is 300 g/mol. The molecule has 0 amide bonds. The molecular formula is C7H7BrF2N2O2S. The fourth-order valence-electron chi connectivity index (χ4n) is 1.02. The van der Waals surface area contributed by atoms with Crippen LogP contribution in [0.15, 0.2) is 15.6 Å². The van der Waals surface area contributed by atoms with E-state index < -0.39 is 27.2 Å². The summed E-state index contributed by atoms with van der Waals surface area (Å²) in [5.41, 5.74) is -0.418. The predicted molar refractivity (Wildman–Crippen MR) is 53.0 cm³/mol. The maximum absolute atomic E-state index is 12.4. The van der Waals surface area contributed by atoms with Gasteiger partial charge >= 0.3 is 0 Å². The van der Waals surface area contributed by atoms with Gasteiger partial charge in [-0.1, -0.05) is 0 Å². The molecule has 0 atom stereocenters. The molecule has 1 aromatic heterocycles. The predicted octanol–water partition coefficient (Wildman–Crippen LogP) is 1.74. The molecule has 84 valence electrons. The maximum atomic E-state index is 12.4. The maximum Gasteiger partial charge on any atom is 0.281 e. The Morgan fingerprint density at radius 3 is 2.47 bits per heavy atom. The topological polar surface area (TPSA) is 73.0 Å². The number of aromatic nitrogens is 1. The summed E-state index contributed by atoms with van der Waals surface area (Å²) in [4.78, 5) is 3.33. The minimum atomic E-state index is -4.07. The number of rotatable bonds is 2. The van der Waals surface area contributed by atoms with Crippen LogP contribution in [0.1, 0.15) is 17.7 Å². The molecule has 1 aromatic rings. The van der Waals surface area contributed by atoms with E-state index in [1.165, 1.54) is 13.0 Å². The van der Waals surface area contributed by atoms with Crippen molar-refractivity contribution in [3.8, 4) is 0 Å². The van der Waals surface area contributed by atoms with Crippen LogP contribution < -0.4 is 5.14 Å². The summed E-state index contributed by atoms with van der Waals surface area (Å²) in [6.45, 7) is 1.42. The lowest BCUT2D eigenvalue weighted by atomic mass is 10.3. The summed E-state index contributed by atoms with van der Waals surface area (Å²) in [6, 6.07) is 1.24. The number of alkyl halides is 2. The molecule has 4 nitrogen and oxygen atoms in total. The zero-order valence-corrected chi connectivity index (χ0v) is 9.94. The summed E-state index contributed by atoms with van der Waals surface area (Å²) < 4.78 is 46.8. The van der Waals surface area contributed by atoms with E-state index in [1.54, 1.807) is 0 Å². The van der Waals surface area contributed by atoms with Crippen LogP contribution in [-0.4, -0.2) is 13.4 Å². The zero-order chi connectivity index (χ0) is 11.8. The van der Waals surface area contributed by atoms with Gasteiger partial charge in [0.1, 0.15) is 5.69 Å². The molecule has 0 fully saturated rings. The van der Waals surface area contributed by atoms with Gasteiger partial charge in [0.2, 0.25) is 0 Å². The zero-order valence-electron chi connectivity index (χ0n) is 7.54. The van der Waals surface area contributed by atoms with Gasteiger partial charge in [-0.3, -0.25) is 0 Å². The number of nitrogens with two attached hydrogens (primary N) is 1. The van der Waals surface area contributed by atoms with Crippen LogP contribution >= 0.6 is 15.9 Å². The smallest absolute Gasteiger partial charge is 0.232 e. The van der Waals surface area contributed by atoms with E-state index in [9.17, 15) is 17.2 Å². The average Bonchev–Trinajstić information content (AvgIpc) is 2.00. The van der Waals surface area contributed by atoms with E-state index in [1.807, 2.05) is 0 Å². The van der Waals surface area contributed by atoms with Crippen molar-refractivity contribution < 1.29 is 17.2 Å². The van der Waals surface area contributed by atoms with Crippen LogP contribution in [0.2, 0.25) is 0 Å². The van der Waals surface area contributed by atoms with E-state index in [4.69, 9.17) is 5.14 Å². The first-order valence-corrected chi connectivity index (χ1v) is 6.05. The Labute approximate surface area is 93.7 Å². The van der Waals surface area contributed by atoms with Crippen molar-refractivity contribution >= 4 is 26.0 Å². The highest BCUT2D eigenvalue weighted by Gasteiger charge is 2.21. The fraction of sp³-hybridized carbons (Fsp3) is 0.286. The summed E-state index contributed by atoms with van der Waals surface area (Å²) in [5.74, 6) is 0. The van der Waals surface area contributed by atoms with E-state index in [0.29, 0.717) is 0 Å². The van der Waals surface area contributed by atoms with Gasteiger partial charge in [-0.2, -0.15) is 0 Å². The molecule has 1 heterocycles. The van der Waals surface area contributed by atoms with Crippen molar-refractivity contribution in [2.75, 3.05) is 0 Å². The highest BCUT2D eigenvalue weighted by atomic mass is 79.9. The normalized spacial score (nSPS) is 12.1. The van der Waals surface area contributed by atoms with Crippen molar-refractivity contribution in [1.82, 2.24) is 4.98 Å². The third kappa shape index (κ3) is 2.70. The van der Waals surface area contributed by atoms with E-state index in [-0.39, 0.29) is 10.0 Å². The third-order valence-corrected chi connectivity index (χ3v) is 3.21. The molecule has 0 saturated heterocycles. The van der Waals surface area contributed by atoms with Gasteiger partial charge in [0.25, 0.3) is 16.4 Å². The van der Waals surface area contributed by atoms with Crippen LogP contribution in [-0.2, 0) is 10.0 Å². The van der Waals surface area contributed by atoms with Crippen LogP contribution in [0.4, 0.5) is 8.78 Å². The number of nitrogens with zero attached hydrogens (tertiary/aromatic N) is 1. The Bertz CT molecular complexity index is 490. The van der Waals surface area contributed by atoms with Crippen LogP contribution in [0.25, 0.3) is 0 Å². The Morgan fingerprint density at radius 2 is 2.07 bits per heavy atom. The van der Waals surface area contributed by atoms with Crippen molar-refractivity contribution in [3.05, 3.63) is 21.8 Å². The Balaban J connectivity index is 3.50. The number of halogens is 3. The van der Waals surface area contributed by atoms with Crippen LogP contribution in [0, 0.1) is 6.92 Å². The second-order valence-corrected chi connectivity index (χ2v) is 5.15. The summed E-state index contributed by atoms with van der Waals surface area (Å²) >= 11 is 2.87. The minimum absolute atomic E-state index is 0.0578. The van der Waals surface area contributed by atoms with Crippen molar-refractivity contribution in [2.24, 2.45) is 5.14 Å². The van der Waals surface area contributed by atoms with Gasteiger partial charge in [0.05, 0.1) is 0 Å². The lowest BCUT2D eigenvalue weighted by Gasteiger charge is -2.07. The number of sulfonamides is 1. The highest BCUT2D eigenvalue weighted by molar-refractivity contribution is 9.10. The SMILES string of the molecule is Cc1cc(Br)c(C(F)F)nc1S(N)(=O)=O. The summed E-state index contributed by atoms with van der Waals surface area (Å²) in [5, 5.41) is 4.30. The number of hydrogen-bond donors (Lipinski definition) is 1. The number of aryl methyl sites for hydroxylation is 1. The van der Waals surface area contributed by atoms with E-state index in [2.05, 4.69) is 20.9 Å². The van der Waals surface area contributed by atoms with Gasteiger partial charge in [-0.05, 0) is 34.5 Å². The molecule has 0 unspecified atom stereocenters. The lowest BCUT2D eigenvalue weighted by molar-refractivity contribution is 0.144. The van der Waals surface area contributed by atoms with Gasteiger partial charge in [0.15, 0.2) is 5.03 Å². The highest BCUT2D eigenvalue weighted by Crippen LogP contribution is 2.28. The molecule has 0 radical (unpaired) electrons. The Kier molecular flexibility index (Phi) is 3.41. The molecule has 0 aliphatic heterocycles. The molecule has 15 heavy (non-hydrogen) atoms. The second-order valence-electron chi connectivity index (χ2n) is 2.82. The summed E-state index contributed by atoms with van der Waals surface area (Å²) in [7, 11) is -4.07. The summed E-state index contributed by atoms with van der Waals surface area (Å²) in [6.07, 6.45) is -2.86. The van der Waals surface area contributed by atoms with Crippen molar-refractivity contribution in [2.45, 2.75) is 18.4 Å². The first kappa shape index (κ1) is 12.5. The standard InChI is InChI=1S/C7H7BrF2N2O2S/c1-3-2-4(8)5(6(9)10)12-7(3)15(11,13)14/h2,6H,1H3,(H2,11,13,14). The van der Waals surface area contributed by atoms with Gasteiger partial charge in [-0.15, -0.1) is 0 Å². The third-order valence-electron chi connectivity index (χ3n) is 1.62. The molecule has 8 heteroatoms. The van der Waals surface area contributed by atoms with Crippen molar-refractivity contribution in [3.63, 3.8) is 0 Å². The van der Waals surface area contributed by atoms with Crippen LogP contribution in [0.3, 0.4) is 0 Å². The van der Waals surface area contributed by atoms with E-state index >= 15 is 0 Å². The first-order chi connectivity index (χ1) is 6.73. The lowest BCUT2D eigenvalue weighted by Crippen LogP contribution is -2.16. The number of primary sulfonamides is 1. The van der Waals surface area contributed by atoms with Gasteiger partial charge in [0, 0.05) is 4.47 Å². The minimum Gasteiger partial charge on any atom is -0.232 e. The molecule has 0 bridgehead atoms. The largest absolute Gasteiger partial charge is 0.281 e. The number of hydrogen-bond acceptors (Lipinski definition) is 3. The average molecular weight is 301 g/mol. The molecule has 1 rings (SSSR count). The number of pyridine rings is 1. The molecule has 2 N–H and O–H groups in total. The molecule has 0 aliphatic rings. The fourth-order valence-corrected chi connectivity index (χ4v) is 2.36. The second kappa shape index (κ2) is 4.11. The molecular weight excluding hydrogens is 294 g/mol. The molecule has 0 spiro atoms. The first-order valence-electron chi connectivity index (χ1n) is 3.71. The van der Waals surface area contributed by atoms with Gasteiger partial charge in [-0.25, -0.2) is 27.3 Å². The molecule has 0 aliphatic carbocycles. The van der Waals surface area contributed by atoms with E-state index in [0.717, 1.165) is 0 Å².